The van der Waals surface area contributed by atoms with E-state index in [1.165, 1.54) is 22.3 Å². The van der Waals surface area contributed by atoms with Gasteiger partial charge in [-0.2, -0.15) is 13.2 Å². The van der Waals surface area contributed by atoms with Crippen LogP contribution >= 0.6 is 27.3 Å². The Labute approximate surface area is 266 Å². The summed E-state index contributed by atoms with van der Waals surface area (Å²) in [6, 6.07) is 18.6. The average molecular weight is 690 g/mol. The minimum absolute atomic E-state index is 0.00515. The van der Waals surface area contributed by atoms with Crippen LogP contribution in [0.1, 0.15) is 48.1 Å². The zero-order chi connectivity index (χ0) is 31.9. The van der Waals surface area contributed by atoms with Crippen LogP contribution in [0.5, 0.6) is 0 Å². The number of hydrogen-bond acceptors (Lipinski definition) is 6. The Hall–Kier alpha value is -3.58. The van der Waals surface area contributed by atoms with Gasteiger partial charge in [-0.05, 0) is 60.9 Å². The van der Waals surface area contributed by atoms with E-state index in [9.17, 15) is 27.9 Å². The third-order valence-electron chi connectivity index (χ3n) is 6.80. The highest BCUT2D eigenvalue weighted by Crippen LogP contribution is 2.32. The SMILES string of the molecule is Cc1csc(CN(C)C(=O)c2cccc(C(=O)N[C@@H](Cc3ccccc3)[C@H](O)CNCc3cc(Br)cc(C(F)(F)F)c3)c2)n1. The van der Waals surface area contributed by atoms with Gasteiger partial charge in [0.05, 0.1) is 24.3 Å². The largest absolute Gasteiger partial charge is 0.416 e. The highest BCUT2D eigenvalue weighted by Gasteiger charge is 2.31. The molecule has 7 nitrogen and oxygen atoms in total. The van der Waals surface area contributed by atoms with Gasteiger partial charge in [0.25, 0.3) is 11.8 Å². The van der Waals surface area contributed by atoms with Crippen LogP contribution in [-0.4, -0.2) is 52.5 Å². The number of aromatic nitrogens is 1. The Bertz CT molecular complexity index is 1580. The number of benzene rings is 3. The molecule has 1 heterocycles. The number of carbonyl (C=O) groups is 2. The van der Waals surface area contributed by atoms with Gasteiger partial charge < -0.3 is 20.6 Å². The number of rotatable bonds is 12. The van der Waals surface area contributed by atoms with E-state index < -0.39 is 29.8 Å². The number of aryl methyl sites for hydroxylation is 1. The molecule has 3 aromatic carbocycles. The van der Waals surface area contributed by atoms with Gasteiger partial charge in [0.15, 0.2) is 0 Å². The minimum atomic E-state index is -4.49. The first-order chi connectivity index (χ1) is 20.9. The van der Waals surface area contributed by atoms with Gasteiger partial charge in [-0.3, -0.25) is 9.59 Å². The van der Waals surface area contributed by atoms with Crippen molar-refractivity contribution in [3.05, 3.63) is 121 Å². The number of carbonyl (C=O) groups excluding carboxylic acids is 2. The smallest absolute Gasteiger partial charge is 0.390 e. The number of nitrogens with one attached hydrogen (secondary N) is 2. The van der Waals surface area contributed by atoms with E-state index in [1.807, 2.05) is 42.6 Å². The lowest BCUT2D eigenvalue weighted by atomic mass is 10.00. The second-order valence-electron chi connectivity index (χ2n) is 10.4. The summed E-state index contributed by atoms with van der Waals surface area (Å²) in [7, 11) is 1.67. The van der Waals surface area contributed by atoms with Crippen molar-refractivity contribution < 1.29 is 27.9 Å². The summed E-state index contributed by atoms with van der Waals surface area (Å²) < 4.78 is 40.0. The predicted molar refractivity (Wildman–Crippen MR) is 167 cm³/mol. The van der Waals surface area contributed by atoms with Crippen molar-refractivity contribution in [1.29, 1.82) is 0 Å². The van der Waals surface area contributed by atoms with Crippen LogP contribution in [0.25, 0.3) is 0 Å². The van der Waals surface area contributed by atoms with Crippen molar-refractivity contribution in [3.8, 4) is 0 Å². The fourth-order valence-corrected chi connectivity index (χ4v) is 5.95. The number of halogens is 4. The third kappa shape index (κ3) is 9.46. The van der Waals surface area contributed by atoms with E-state index in [0.717, 1.165) is 28.4 Å². The highest BCUT2D eigenvalue weighted by atomic mass is 79.9. The lowest BCUT2D eigenvalue weighted by Gasteiger charge is -2.25. The quantitative estimate of drug-likeness (QED) is 0.170. The molecule has 0 spiro atoms. The molecule has 0 aliphatic rings. The highest BCUT2D eigenvalue weighted by molar-refractivity contribution is 9.10. The average Bonchev–Trinajstić information content (AvgIpc) is 3.40. The van der Waals surface area contributed by atoms with Crippen LogP contribution in [0.3, 0.4) is 0 Å². The standard InChI is InChI=1S/C32H32BrF3N4O3S/c1-20-19-44-29(38-20)18-40(2)31(43)24-10-6-9-23(14-24)30(42)39-27(13-21-7-4-3-5-8-21)28(41)17-37-16-22-11-25(32(34,35)36)15-26(33)12-22/h3-12,14-15,19,27-28,37,41H,13,16-18H2,1-2H3,(H,39,42)/t27-,28+/m0/s1. The van der Waals surface area contributed by atoms with Crippen molar-refractivity contribution in [2.75, 3.05) is 13.6 Å². The Kier molecular flexibility index (Phi) is 11.3. The molecule has 3 N–H and O–H groups in total. The van der Waals surface area contributed by atoms with Gasteiger partial charge >= 0.3 is 6.18 Å². The van der Waals surface area contributed by atoms with E-state index in [1.54, 1.807) is 31.3 Å². The number of hydrogen-bond donors (Lipinski definition) is 3. The second kappa shape index (κ2) is 14.9. The van der Waals surface area contributed by atoms with E-state index in [0.29, 0.717) is 28.6 Å². The third-order valence-corrected chi connectivity index (χ3v) is 8.21. The monoisotopic (exact) mass is 688 g/mol. The molecule has 12 heteroatoms. The van der Waals surface area contributed by atoms with Crippen molar-refractivity contribution in [2.24, 2.45) is 0 Å². The molecular weight excluding hydrogens is 657 g/mol. The summed E-state index contributed by atoms with van der Waals surface area (Å²) >= 11 is 4.59. The zero-order valence-electron chi connectivity index (χ0n) is 24.1. The molecule has 1 aromatic heterocycles. The van der Waals surface area contributed by atoms with Crippen molar-refractivity contribution in [2.45, 2.75) is 44.8 Å². The van der Waals surface area contributed by atoms with E-state index >= 15 is 0 Å². The first-order valence-electron chi connectivity index (χ1n) is 13.8. The minimum Gasteiger partial charge on any atom is -0.390 e. The van der Waals surface area contributed by atoms with E-state index in [2.05, 4.69) is 31.5 Å². The maximum absolute atomic E-state index is 13.4. The number of aliphatic hydroxyl groups is 1. The summed E-state index contributed by atoms with van der Waals surface area (Å²) in [6.07, 6.45) is -5.26. The van der Waals surface area contributed by atoms with E-state index in [-0.39, 0.29) is 24.6 Å². The summed E-state index contributed by atoms with van der Waals surface area (Å²) in [6.45, 7) is 2.30. The summed E-state index contributed by atoms with van der Waals surface area (Å²) in [5.74, 6) is -0.738. The van der Waals surface area contributed by atoms with Crippen molar-refractivity contribution in [3.63, 3.8) is 0 Å². The maximum Gasteiger partial charge on any atom is 0.416 e. The predicted octanol–water partition coefficient (Wildman–Crippen LogP) is 6.00. The van der Waals surface area contributed by atoms with E-state index in [4.69, 9.17) is 0 Å². The second-order valence-corrected chi connectivity index (χ2v) is 12.3. The first-order valence-corrected chi connectivity index (χ1v) is 15.4. The number of amides is 2. The molecule has 232 valence electrons. The fraction of sp³-hybridized carbons (Fsp3) is 0.281. The molecule has 0 unspecified atom stereocenters. The Balaban J connectivity index is 1.44. The molecular formula is C32H32BrF3N4O3S. The molecule has 4 aromatic rings. The molecule has 0 aliphatic carbocycles. The number of nitrogens with zero attached hydrogens (tertiary/aromatic N) is 2. The molecule has 44 heavy (non-hydrogen) atoms. The summed E-state index contributed by atoms with van der Waals surface area (Å²) in [5.41, 5.74) is 1.96. The van der Waals surface area contributed by atoms with Crippen molar-refractivity contribution in [1.82, 2.24) is 20.5 Å². The van der Waals surface area contributed by atoms with Crippen LogP contribution in [0, 0.1) is 6.92 Å². The molecule has 0 fully saturated rings. The molecule has 0 saturated heterocycles. The topological polar surface area (TPSA) is 94.6 Å². The molecule has 0 saturated carbocycles. The lowest BCUT2D eigenvalue weighted by Crippen LogP contribution is -2.48. The summed E-state index contributed by atoms with van der Waals surface area (Å²) in [5, 5.41) is 19.7. The number of aliphatic hydroxyl groups excluding tert-OH is 1. The zero-order valence-corrected chi connectivity index (χ0v) is 26.5. The van der Waals surface area contributed by atoms with Crippen molar-refractivity contribution >= 4 is 39.1 Å². The number of thiazole rings is 1. The first kappa shape index (κ1) is 33.3. The van der Waals surface area contributed by atoms with Gasteiger partial charge in [0, 0.05) is 46.8 Å². The molecule has 2 amide bonds. The fourth-order valence-electron chi connectivity index (χ4n) is 4.59. The van der Waals surface area contributed by atoms with Crippen LogP contribution in [-0.2, 0) is 25.7 Å². The summed E-state index contributed by atoms with van der Waals surface area (Å²) in [4.78, 5) is 32.4. The number of alkyl halides is 3. The van der Waals surface area contributed by atoms with Gasteiger partial charge in [-0.1, -0.05) is 52.3 Å². The Morgan fingerprint density at radius 3 is 2.43 bits per heavy atom. The Morgan fingerprint density at radius 1 is 1.02 bits per heavy atom. The van der Waals surface area contributed by atoms with Crippen LogP contribution in [0.4, 0.5) is 13.2 Å². The molecule has 0 radical (unpaired) electrons. The maximum atomic E-state index is 13.4. The molecule has 0 aliphatic heterocycles. The van der Waals surface area contributed by atoms with Gasteiger partial charge in [0.1, 0.15) is 5.01 Å². The Morgan fingerprint density at radius 2 is 1.75 bits per heavy atom. The molecule has 2 atom stereocenters. The van der Waals surface area contributed by atoms with Gasteiger partial charge in [-0.15, -0.1) is 11.3 Å². The normalized spacial score (nSPS) is 12.9. The molecule has 4 rings (SSSR count). The molecule has 0 bridgehead atoms. The van der Waals surface area contributed by atoms with Crippen LogP contribution in [0.15, 0.2) is 82.6 Å². The van der Waals surface area contributed by atoms with Gasteiger partial charge in [-0.25, -0.2) is 4.98 Å². The van der Waals surface area contributed by atoms with Crippen LogP contribution in [0.2, 0.25) is 0 Å². The van der Waals surface area contributed by atoms with Crippen LogP contribution < -0.4 is 10.6 Å². The lowest BCUT2D eigenvalue weighted by molar-refractivity contribution is -0.137. The van der Waals surface area contributed by atoms with Gasteiger partial charge in [0.2, 0.25) is 0 Å².